The number of carbonyl (C=O) groups excluding carboxylic acids is 1. The van der Waals surface area contributed by atoms with Crippen molar-refractivity contribution in [2.45, 2.75) is 33.2 Å². The average Bonchev–Trinajstić information content (AvgIpc) is 2.39. The lowest BCUT2D eigenvalue weighted by atomic mass is 10.2. The predicted molar refractivity (Wildman–Crippen MR) is 75.7 cm³/mol. The molecule has 0 heterocycles. The fraction of sp³-hybridized carbons (Fsp3) is 0.500. The molecule has 0 fully saturated rings. The Morgan fingerprint density at radius 3 is 2.68 bits per heavy atom. The summed E-state index contributed by atoms with van der Waals surface area (Å²) in [5.41, 5.74) is 1.66. The number of benzene rings is 1. The van der Waals surface area contributed by atoms with Crippen molar-refractivity contribution >= 4 is 11.7 Å². The standard InChI is InChI=1S/C14H22N2O3/c1-4-11(9-17)15-14(18)16-13-7-6-12(19-5-2)8-10(13)3/h6-8,11,17H,4-5,9H2,1-3H3,(H2,15,16,18). The monoisotopic (exact) mass is 266 g/mol. The Bertz CT molecular complexity index is 417. The number of aliphatic hydroxyl groups is 1. The van der Waals surface area contributed by atoms with Crippen molar-refractivity contribution in [3.8, 4) is 5.75 Å². The van der Waals surface area contributed by atoms with Gasteiger partial charge in [-0.1, -0.05) is 6.92 Å². The highest BCUT2D eigenvalue weighted by Crippen LogP contribution is 2.21. The number of urea groups is 1. The molecule has 1 unspecified atom stereocenters. The number of rotatable bonds is 6. The Labute approximate surface area is 114 Å². The predicted octanol–water partition coefficient (Wildman–Crippen LogP) is 2.29. The van der Waals surface area contributed by atoms with E-state index in [1.54, 1.807) is 6.07 Å². The summed E-state index contributed by atoms with van der Waals surface area (Å²) in [6.07, 6.45) is 0.687. The van der Waals surface area contributed by atoms with Crippen molar-refractivity contribution < 1.29 is 14.6 Å². The number of hydrogen-bond acceptors (Lipinski definition) is 3. The number of ether oxygens (including phenoxy) is 1. The van der Waals surface area contributed by atoms with E-state index in [0.29, 0.717) is 13.0 Å². The van der Waals surface area contributed by atoms with Crippen LogP contribution in [-0.2, 0) is 0 Å². The largest absolute Gasteiger partial charge is 0.494 e. The first-order valence-electron chi connectivity index (χ1n) is 6.52. The summed E-state index contributed by atoms with van der Waals surface area (Å²) in [6.45, 7) is 6.28. The molecule has 1 aromatic rings. The number of aliphatic hydroxyl groups excluding tert-OH is 1. The van der Waals surface area contributed by atoms with Crippen molar-refractivity contribution in [2.24, 2.45) is 0 Å². The van der Waals surface area contributed by atoms with Crippen LogP contribution in [0.5, 0.6) is 5.75 Å². The number of carbonyl (C=O) groups is 1. The summed E-state index contributed by atoms with van der Waals surface area (Å²) in [4.78, 5) is 11.7. The van der Waals surface area contributed by atoms with Crippen LogP contribution in [0, 0.1) is 6.92 Å². The molecule has 1 aromatic carbocycles. The summed E-state index contributed by atoms with van der Waals surface area (Å²) < 4.78 is 5.38. The van der Waals surface area contributed by atoms with Crippen LogP contribution in [0.2, 0.25) is 0 Å². The van der Waals surface area contributed by atoms with E-state index in [2.05, 4.69) is 10.6 Å². The van der Waals surface area contributed by atoms with Gasteiger partial charge >= 0.3 is 6.03 Å². The second-order valence-corrected chi connectivity index (χ2v) is 4.30. The van der Waals surface area contributed by atoms with E-state index in [1.807, 2.05) is 32.9 Å². The molecular weight excluding hydrogens is 244 g/mol. The fourth-order valence-electron chi connectivity index (χ4n) is 1.65. The van der Waals surface area contributed by atoms with Gasteiger partial charge in [0, 0.05) is 5.69 Å². The minimum absolute atomic E-state index is 0.0633. The smallest absolute Gasteiger partial charge is 0.319 e. The molecule has 0 aliphatic heterocycles. The molecule has 0 aromatic heterocycles. The molecule has 5 heteroatoms. The van der Waals surface area contributed by atoms with Gasteiger partial charge in [-0.3, -0.25) is 0 Å². The maximum Gasteiger partial charge on any atom is 0.319 e. The lowest BCUT2D eigenvalue weighted by Crippen LogP contribution is -2.39. The lowest BCUT2D eigenvalue weighted by Gasteiger charge is -2.16. The maximum atomic E-state index is 11.7. The van der Waals surface area contributed by atoms with Gasteiger partial charge in [-0.25, -0.2) is 4.79 Å². The van der Waals surface area contributed by atoms with E-state index < -0.39 is 0 Å². The number of aryl methyl sites for hydroxylation is 1. The molecule has 2 amide bonds. The SMILES string of the molecule is CCOc1ccc(NC(=O)NC(CC)CO)c(C)c1. The highest BCUT2D eigenvalue weighted by molar-refractivity contribution is 5.90. The highest BCUT2D eigenvalue weighted by Gasteiger charge is 2.10. The van der Waals surface area contributed by atoms with E-state index in [1.165, 1.54) is 0 Å². The van der Waals surface area contributed by atoms with Gasteiger partial charge in [-0.15, -0.1) is 0 Å². The zero-order chi connectivity index (χ0) is 14.3. The Hall–Kier alpha value is -1.75. The van der Waals surface area contributed by atoms with Crippen LogP contribution in [0.15, 0.2) is 18.2 Å². The van der Waals surface area contributed by atoms with Crippen molar-refractivity contribution in [2.75, 3.05) is 18.5 Å². The molecule has 0 bridgehead atoms. The summed E-state index contributed by atoms with van der Waals surface area (Å²) in [7, 11) is 0. The minimum atomic E-state index is -0.312. The van der Waals surface area contributed by atoms with Crippen LogP contribution < -0.4 is 15.4 Å². The molecule has 1 atom stereocenters. The van der Waals surface area contributed by atoms with Crippen LogP contribution in [0.25, 0.3) is 0 Å². The molecule has 5 nitrogen and oxygen atoms in total. The molecule has 0 aliphatic rings. The van der Waals surface area contributed by atoms with E-state index in [4.69, 9.17) is 9.84 Å². The second-order valence-electron chi connectivity index (χ2n) is 4.30. The first-order chi connectivity index (χ1) is 9.10. The molecule has 1 rings (SSSR count). The van der Waals surface area contributed by atoms with Crippen molar-refractivity contribution in [1.29, 1.82) is 0 Å². The van der Waals surface area contributed by atoms with E-state index in [0.717, 1.165) is 17.0 Å². The van der Waals surface area contributed by atoms with Gasteiger partial charge in [0.1, 0.15) is 5.75 Å². The summed E-state index contributed by atoms with van der Waals surface area (Å²) in [5.74, 6) is 0.785. The normalized spacial score (nSPS) is 11.8. The van der Waals surface area contributed by atoms with Gasteiger partial charge in [0.15, 0.2) is 0 Å². The summed E-state index contributed by atoms with van der Waals surface area (Å²) in [5, 5.41) is 14.5. The van der Waals surface area contributed by atoms with Gasteiger partial charge in [-0.05, 0) is 44.0 Å². The molecule has 106 valence electrons. The van der Waals surface area contributed by atoms with Crippen molar-refractivity contribution in [1.82, 2.24) is 5.32 Å². The highest BCUT2D eigenvalue weighted by atomic mass is 16.5. The van der Waals surface area contributed by atoms with Gasteiger partial charge < -0.3 is 20.5 Å². The Kier molecular flexibility index (Phi) is 6.15. The Morgan fingerprint density at radius 2 is 2.16 bits per heavy atom. The Balaban J connectivity index is 2.64. The first kappa shape index (κ1) is 15.3. The first-order valence-corrected chi connectivity index (χ1v) is 6.52. The van der Waals surface area contributed by atoms with Gasteiger partial charge in [0.25, 0.3) is 0 Å². The third kappa shape index (κ3) is 4.79. The molecule has 0 radical (unpaired) electrons. The summed E-state index contributed by atoms with van der Waals surface area (Å²) >= 11 is 0. The topological polar surface area (TPSA) is 70.6 Å². The van der Waals surface area contributed by atoms with E-state index in [9.17, 15) is 4.79 Å². The van der Waals surface area contributed by atoms with Gasteiger partial charge in [-0.2, -0.15) is 0 Å². The van der Waals surface area contributed by atoms with Crippen LogP contribution in [0.4, 0.5) is 10.5 Å². The third-order valence-corrected chi connectivity index (χ3v) is 2.81. The number of anilines is 1. The minimum Gasteiger partial charge on any atom is -0.494 e. The molecule has 3 N–H and O–H groups in total. The molecule has 0 aliphatic carbocycles. The van der Waals surface area contributed by atoms with E-state index in [-0.39, 0.29) is 18.7 Å². The van der Waals surface area contributed by atoms with Crippen LogP contribution in [-0.4, -0.2) is 30.4 Å². The second kappa shape index (κ2) is 7.63. The van der Waals surface area contributed by atoms with E-state index >= 15 is 0 Å². The molecule has 19 heavy (non-hydrogen) atoms. The number of nitrogens with one attached hydrogen (secondary N) is 2. The van der Waals surface area contributed by atoms with Gasteiger partial charge in [0.2, 0.25) is 0 Å². The van der Waals surface area contributed by atoms with Crippen LogP contribution >= 0.6 is 0 Å². The quantitative estimate of drug-likeness (QED) is 0.740. The molecule has 0 spiro atoms. The average molecular weight is 266 g/mol. The van der Waals surface area contributed by atoms with Crippen LogP contribution in [0.3, 0.4) is 0 Å². The summed E-state index contributed by atoms with van der Waals surface area (Å²) in [6, 6.07) is 4.97. The molecule has 0 saturated heterocycles. The molecular formula is C14H22N2O3. The van der Waals surface area contributed by atoms with Crippen LogP contribution in [0.1, 0.15) is 25.8 Å². The van der Waals surface area contributed by atoms with Gasteiger partial charge in [0.05, 0.1) is 19.3 Å². The molecule has 0 saturated carbocycles. The lowest BCUT2D eigenvalue weighted by molar-refractivity contribution is 0.222. The zero-order valence-electron chi connectivity index (χ0n) is 11.7. The number of amides is 2. The fourth-order valence-corrected chi connectivity index (χ4v) is 1.65. The number of hydrogen-bond donors (Lipinski definition) is 3. The van der Waals surface area contributed by atoms with Crippen molar-refractivity contribution in [3.63, 3.8) is 0 Å². The third-order valence-electron chi connectivity index (χ3n) is 2.81. The maximum absolute atomic E-state index is 11.7. The zero-order valence-corrected chi connectivity index (χ0v) is 11.7. The Morgan fingerprint density at radius 1 is 1.42 bits per heavy atom. The van der Waals surface area contributed by atoms with Crippen molar-refractivity contribution in [3.05, 3.63) is 23.8 Å².